The molecule has 1 aliphatic carbocycles. The number of fused-ring (bicyclic) bond motifs is 7. The third-order valence-electron chi connectivity index (χ3n) is 4.88. The number of benzene rings is 3. The number of nitrogens with one attached hydrogen (secondary N) is 1. The van der Waals surface area contributed by atoms with Gasteiger partial charge in [0, 0.05) is 22.9 Å². The molecule has 0 fully saturated rings. The minimum atomic E-state index is 0.235. The molecule has 0 amide bonds. The second-order valence-electron chi connectivity index (χ2n) is 6.16. The third kappa shape index (κ3) is 1.72. The van der Waals surface area contributed by atoms with Crippen molar-refractivity contribution in [2.75, 3.05) is 0 Å². The van der Waals surface area contributed by atoms with Crippen molar-refractivity contribution in [3.05, 3.63) is 71.8 Å². The molecule has 2 nitrogen and oxygen atoms in total. The van der Waals surface area contributed by atoms with Crippen LogP contribution in [0, 0.1) is 0 Å². The number of Topliss-reactive ketones (excluding diaryl/α,β-unsaturated/α-hetero) is 1. The van der Waals surface area contributed by atoms with E-state index in [9.17, 15) is 4.79 Å². The van der Waals surface area contributed by atoms with Crippen LogP contribution in [0.5, 0.6) is 0 Å². The molecule has 0 unspecified atom stereocenters. The van der Waals surface area contributed by atoms with Crippen molar-refractivity contribution in [3.8, 4) is 11.3 Å². The third-order valence-corrected chi connectivity index (χ3v) is 4.88. The van der Waals surface area contributed by atoms with Gasteiger partial charge in [-0.25, -0.2) is 0 Å². The molecular weight excluding hydrogens is 282 g/mol. The Morgan fingerprint density at radius 3 is 2.61 bits per heavy atom. The number of carbonyl (C=O) groups is 1. The lowest BCUT2D eigenvalue weighted by atomic mass is 9.98. The molecular formula is C21H15NO. The number of hydrogen-bond donors (Lipinski definition) is 1. The fraction of sp³-hybridized carbons (Fsp3) is 0.0952. The first kappa shape index (κ1) is 12.7. The zero-order valence-electron chi connectivity index (χ0n) is 12.6. The summed E-state index contributed by atoms with van der Waals surface area (Å²) in [5.74, 6) is 0.235. The molecule has 1 heterocycles. The summed E-state index contributed by atoms with van der Waals surface area (Å²) in [5, 5.41) is 3.39. The van der Waals surface area contributed by atoms with E-state index in [-0.39, 0.29) is 5.78 Å². The van der Waals surface area contributed by atoms with E-state index in [1.807, 2.05) is 24.3 Å². The van der Waals surface area contributed by atoms with Gasteiger partial charge in [-0.15, -0.1) is 0 Å². The maximum atomic E-state index is 12.9. The van der Waals surface area contributed by atoms with E-state index in [0.29, 0.717) is 6.42 Å². The number of hydrogen-bond acceptors (Lipinski definition) is 1. The highest BCUT2D eigenvalue weighted by Crippen LogP contribution is 2.39. The van der Waals surface area contributed by atoms with Gasteiger partial charge in [0.1, 0.15) is 0 Å². The smallest absolute Gasteiger partial charge is 0.166 e. The van der Waals surface area contributed by atoms with Crippen LogP contribution in [0.15, 0.2) is 60.7 Å². The van der Waals surface area contributed by atoms with Crippen molar-refractivity contribution in [1.29, 1.82) is 0 Å². The van der Waals surface area contributed by atoms with Crippen molar-refractivity contribution in [3.63, 3.8) is 0 Å². The van der Waals surface area contributed by atoms with E-state index >= 15 is 0 Å². The Hall–Kier alpha value is -2.87. The largest absolute Gasteiger partial charge is 0.354 e. The molecule has 23 heavy (non-hydrogen) atoms. The molecule has 110 valence electrons. The lowest BCUT2D eigenvalue weighted by Gasteiger charge is -2.04. The van der Waals surface area contributed by atoms with Gasteiger partial charge in [0.25, 0.3) is 0 Å². The van der Waals surface area contributed by atoms with Gasteiger partial charge in [-0.05, 0) is 28.8 Å². The highest BCUT2D eigenvalue weighted by Gasteiger charge is 2.25. The molecule has 5 rings (SSSR count). The summed E-state index contributed by atoms with van der Waals surface area (Å²) >= 11 is 0. The lowest BCUT2D eigenvalue weighted by Crippen LogP contribution is -1.98. The molecule has 4 aromatic rings. The Morgan fingerprint density at radius 1 is 0.826 bits per heavy atom. The molecule has 1 N–H and O–H groups in total. The summed E-state index contributed by atoms with van der Waals surface area (Å²) in [7, 11) is 0. The predicted molar refractivity (Wildman–Crippen MR) is 93.9 cm³/mol. The number of carbonyl (C=O) groups excluding carboxylic acids is 1. The zero-order chi connectivity index (χ0) is 15.4. The molecule has 0 spiro atoms. The van der Waals surface area contributed by atoms with Crippen LogP contribution in [-0.4, -0.2) is 10.8 Å². The van der Waals surface area contributed by atoms with E-state index in [4.69, 9.17) is 0 Å². The van der Waals surface area contributed by atoms with Gasteiger partial charge in [-0.2, -0.15) is 0 Å². The van der Waals surface area contributed by atoms with Gasteiger partial charge in [0.05, 0.1) is 11.3 Å². The Kier molecular flexibility index (Phi) is 2.51. The van der Waals surface area contributed by atoms with Gasteiger partial charge in [-0.3, -0.25) is 4.79 Å². The van der Waals surface area contributed by atoms with Crippen LogP contribution in [0.3, 0.4) is 0 Å². The molecule has 0 saturated carbocycles. The first-order valence-corrected chi connectivity index (χ1v) is 7.98. The summed E-state index contributed by atoms with van der Waals surface area (Å²) in [6.07, 6.45) is 1.38. The summed E-state index contributed by atoms with van der Waals surface area (Å²) in [6.45, 7) is 0. The number of rotatable bonds is 0. The first-order valence-electron chi connectivity index (χ1n) is 7.98. The van der Waals surface area contributed by atoms with Crippen molar-refractivity contribution in [2.24, 2.45) is 0 Å². The maximum Gasteiger partial charge on any atom is 0.166 e. The number of H-pyrrole nitrogens is 1. The predicted octanol–water partition coefficient (Wildman–Crippen LogP) is 5.12. The van der Waals surface area contributed by atoms with E-state index in [1.165, 1.54) is 10.9 Å². The fourth-order valence-electron chi connectivity index (χ4n) is 3.80. The van der Waals surface area contributed by atoms with Crippen molar-refractivity contribution >= 4 is 27.5 Å². The average molecular weight is 297 g/mol. The molecule has 0 bridgehead atoms. The van der Waals surface area contributed by atoms with Crippen LogP contribution in [0.1, 0.15) is 22.3 Å². The van der Waals surface area contributed by atoms with Crippen LogP contribution in [-0.2, 0) is 6.42 Å². The molecule has 0 saturated heterocycles. The fourth-order valence-corrected chi connectivity index (χ4v) is 3.80. The minimum Gasteiger partial charge on any atom is -0.354 e. The molecule has 1 aliphatic rings. The normalized spacial score (nSPS) is 13.8. The minimum absolute atomic E-state index is 0.235. The second kappa shape index (κ2) is 4.56. The topological polar surface area (TPSA) is 32.9 Å². The Bertz CT molecular complexity index is 1090. The molecule has 0 atom stereocenters. The maximum absolute atomic E-state index is 12.9. The van der Waals surface area contributed by atoms with Crippen LogP contribution < -0.4 is 0 Å². The highest BCUT2D eigenvalue weighted by molar-refractivity contribution is 6.21. The van der Waals surface area contributed by atoms with Gasteiger partial charge >= 0.3 is 0 Å². The SMILES string of the molecule is O=C1CCc2ccccc2-c2[nH]c3ccc4ccccc4c3c21. The average Bonchev–Trinajstić information content (AvgIpc) is 2.94. The van der Waals surface area contributed by atoms with Crippen LogP contribution in [0.4, 0.5) is 0 Å². The number of aromatic amines is 1. The summed E-state index contributed by atoms with van der Waals surface area (Å²) in [6, 6.07) is 20.8. The van der Waals surface area contributed by atoms with Crippen molar-refractivity contribution < 1.29 is 4.79 Å². The molecule has 2 heteroatoms. The number of aromatic nitrogens is 1. The van der Waals surface area contributed by atoms with Gasteiger partial charge in [0.15, 0.2) is 5.78 Å². The van der Waals surface area contributed by atoms with Gasteiger partial charge in [-0.1, -0.05) is 54.6 Å². The van der Waals surface area contributed by atoms with Crippen LogP contribution >= 0.6 is 0 Å². The quantitative estimate of drug-likeness (QED) is 0.480. The standard InChI is InChI=1S/C21H15NO/c23-18-12-10-14-6-2-4-8-16(14)21-20(18)19-15-7-3-1-5-13(15)9-11-17(19)22-21/h1-9,11,22H,10,12H2. The van der Waals surface area contributed by atoms with Gasteiger partial charge < -0.3 is 4.98 Å². The molecule has 0 radical (unpaired) electrons. The van der Waals surface area contributed by atoms with E-state index in [0.717, 1.165) is 39.5 Å². The number of ketones is 1. The molecule has 0 aliphatic heterocycles. The summed E-state index contributed by atoms with van der Waals surface area (Å²) < 4.78 is 0. The van der Waals surface area contributed by atoms with E-state index in [1.54, 1.807) is 0 Å². The lowest BCUT2D eigenvalue weighted by molar-refractivity contribution is 0.0986. The molecule has 1 aromatic heterocycles. The molecule has 3 aromatic carbocycles. The van der Waals surface area contributed by atoms with Crippen molar-refractivity contribution in [1.82, 2.24) is 4.98 Å². The monoisotopic (exact) mass is 297 g/mol. The summed E-state index contributed by atoms with van der Waals surface area (Å²) in [4.78, 5) is 16.4. The van der Waals surface area contributed by atoms with Crippen LogP contribution in [0.2, 0.25) is 0 Å². The summed E-state index contributed by atoms with van der Waals surface area (Å²) in [5.41, 5.74) is 5.29. The Balaban J connectivity index is 1.99. The van der Waals surface area contributed by atoms with E-state index < -0.39 is 0 Å². The zero-order valence-corrected chi connectivity index (χ0v) is 12.6. The van der Waals surface area contributed by atoms with E-state index in [2.05, 4.69) is 41.4 Å². The Morgan fingerprint density at radius 2 is 1.65 bits per heavy atom. The van der Waals surface area contributed by atoms with Crippen molar-refractivity contribution in [2.45, 2.75) is 12.8 Å². The van der Waals surface area contributed by atoms with Gasteiger partial charge in [0.2, 0.25) is 0 Å². The second-order valence-corrected chi connectivity index (χ2v) is 6.16. The first-order chi connectivity index (χ1) is 11.3. The highest BCUT2D eigenvalue weighted by atomic mass is 16.1. The number of aryl methyl sites for hydroxylation is 1. The Labute approximate surface area is 133 Å². The van der Waals surface area contributed by atoms with Crippen LogP contribution in [0.25, 0.3) is 32.9 Å².